The summed E-state index contributed by atoms with van der Waals surface area (Å²) in [6.07, 6.45) is 22.9. The number of nitro groups is 1. The van der Waals surface area contributed by atoms with Crippen molar-refractivity contribution in [3.8, 4) is 0 Å². The van der Waals surface area contributed by atoms with Gasteiger partial charge in [0, 0.05) is 17.8 Å². The Morgan fingerprint density at radius 1 is 0.963 bits per heavy atom. The van der Waals surface area contributed by atoms with Crippen LogP contribution in [0.25, 0.3) is 0 Å². The van der Waals surface area contributed by atoms with Crippen LogP contribution in [-0.4, -0.2) is 28.5 Å². The van der Waals surface area contributed by atoms with Crippen molar-refractivity contribution >= 4 is 6.29 Å². The molecule has 0 rings (SSSR count). The van der Waals surface area contributed by atoms with Crippen molar-refractivity contribution in [2.24, 2.45) is 0 Å². The summed E-state index contributed by atoms with van der Waals surface area (Å²) >= 11 is 0. The van der Waals surface area contributed by atoms with Crippen LogP contribution in [-0.2, 0) is 4.79 Å². The Hall–Kier alpha value is -1.75. The summed E-state index contributed by atoms with van der Waals surface area (Å²) in [5, 5.41) is 21.2. The van der Waals surface area contributed by atoms with E-state index in [9.17, 15) is 20.0 Å². The van der Waals surface area contributed by atoms with Gasteiger partial charge in [-0.15, -0.1) is 0 Å². The van der Waals surface area contributed by atoms with Crippen molar-refractivity contribution in [2.75, 3.05) is 0 Å². The van der Waals surface area contributed by atoms with Gasteiger partial charge in [0.1, 0.15) is 6.10 Å². The SMILES string of the molecule is CCCCC/C=C\C/C=C\CC(C(O)/C=C\CCCCCC[C]=O)[N+](=O)[O-]. The van der Waals surface area contributed by atoms with Crippen molar-refractivity contribution in [1.29, 1.82) is 0 Å². The van der Waals surface area contributed by atoms with Crippen LogP contribution in [0.3, 0.4) is 0 Å². The number of aliphatic hydroxyl groups excluding tert-OH is 1. The third kappa shape index (κ3) is 16.2. The molecule has 153 valence electrons. The molecule has 0 heterocycles. The molecule has 0 aromatic heterocycles. The third-order valence-electron chi connectivity index (χ3n) is 4.36. The Morgan fingerprint density at radius 2 is 1.63 bits per heavy atom. The molecule has 0 saturated carbocycles. The smallest absolute Gasteiger partial charge is 0.245 e. The van der Waals surface area contributed by atoms with Gasteiger partial charge in [-0.25, -0.2) is 0 Å². The molecule has 5 heteroatoms. The van der Waals surface area contributed by atoms with Gasteiger partial charge in [-0.2, -0.15) is 0 Å². The summed E-state index contributed by atoms with van der Waals surface area (Å²) in [5.41, 5.74) is 0. The monoisotopic (exact) mass is 378 g/mol. The van der Waals surface area contributed by atoms with E-state index < -0.39 is 17.1 Å². The minimum atomic E-state index is -1.07. The van der Waals surface area contributed by atoms with Gasteiger partial charge < -0.3 is 5.11 Å². The number of nitrogens with zero attached hydrogens (tertiary/aromatic N) is 1. The van der Waals surface area contributed by atoms with E-state index in [1.807, 2.05) is 18.4 Å². The molecule has 1 N–H and O–H groups in total. The highest BCUT2D eigenvalue weighted by Crippen LogP contribution is 2.10. The first kappa shape index (κ1) is 25.2. The maximum atomic E-state index is 11.2. The second-order valence-corrected chi connectivity index (χ2v) is 6.78. The number of rotatable bonds is 18. The molecule has 0 aliphatic heterocycles. The zero-order valence-electron chi connectivity index (χ0n) is 16.7. The summed E-state index contributed by atoms with van der Waals surface area (Å²) in [4.78, 5) is 20.9. The van der Waals surface area contributed by atoms with Crippen LogP contribution < -0.4 is 0 Å². The molecule has 5 nitrogen and oxygen atoms in total. The molecule has 0 spiro atoms. The normalized spacial score (nSPS) is 14.3. The predicted molar refractivity (Wildman–Crippen MR) is 111 cm³/mol. The lowest BCUT2D eigenvalue weighted by atomic mass is 10.1. The van der Waals surface area contributed by atoms with Crippen LogP contribution in [0.4, 0.5) is 0 Å². The topological polar surface area (TPSA) is 80.4 Å². The number of aliphatic hydroxyl groups is 1. The Morgan fingerprint density at radius 3 is 2.33 bits per heavy atom. The molecule has 27 heavy (non-hydrogen) atoms. The summed E-state index contributed by atoms with van der Waals surface area (Å²) in [7, 11) is 0. The second-order valence-electron chi connectivity index (χ2n) is 6.78. The van der Waals surface area contributed by atoms with Gasteiger partial charge in [-0.1, -0.05) is 69.1 Å². The Balaban J connectivity index is 4.04. The molecule has 0 aromatic rings. The fourth-order valence-electron chi connectivity index (χ4n) is 2.66. The van der Waals surface area contributed by atoms with E-state index in [2.05, 4.69) is 19.1 Å². The molecule has 0 aromatic carbocycles. The summed E-state index contributed by atoms with van der Waals surface area (Å²) in [5.74, 6) is 0. The third-order valence-corrected chi connectivity index (χ3v) is 4.36. The first-order valence-corrected chi connectivity index (χ1v) is 10.3. The zero-order chi connectivity index (χ0) is 20.2. The van der Waals surface area contributed by atoms with Gasteiger partial charge in [0.2, 0.25) is 6.04 Å². The van der Waals surface area contributed by atoms with Crippen LogP contribution in [0, 0.1) is 10.1 Å². The minimum absolute atomic E-state index is 0.227. The van der Waals surface area contributed by atoms with E-state index in [1.54, 1.807) is 6.08 Å². The molecular formula is C22H36NO4. The van der Waals surface area contributed by atoms with Gasteiger partial charge >= 0.3 is 0 Å². The Kier molecular flexibility index (Phi) is 17.8. The molecule has 0 bridgehead atoms. The lowest BCUT2D eigenvalue weighted by molar-refractivity contribution is -0.530. The van der Waals surface area contributed by atoms with Gasteiger partial charge in [-0.3, -0.25) is 14.9 Å². The van der Waals surface area contributed by atoms with Gasteiger partial charge in [0.05, 0.1) is 0 Å². The average molecular weight is 379 g/mol. The average Bonchev–Trinajstić information content (AvgIpc) is 2.65. The second kappa shape index (κ2) is 19.0. The predicted octanol–water partition coefficient (Wildman–Crippen LogP) is 5.47. The quantitative estimate of drug-likeness (QED) is 0.148. The van der Waals surface area contributed by atoms with E-state index in [0.717, 1.165) is 44.9 Å². The van der Waals surface area contributed by atoms with E-state index in [-0.39, 0.29) is 6.42 Å². The summed E-state index contributed by atoms with van der Waals surface area (Å²) < 4.78 is 0. The number of allylic oxidation sites excluding steroid dienone is 4. The standard InChI is InChI=1S/C22H36NO4/c1-2-3-4-5-6-7-9-12-15-18-21(23(26)27)22(25)19-16-13-10-8-11-14-17-20-24/h6-7,12,15-16,19,21-22,25H,2-5,8-11,13-14,17-18H2,1H3/b7-6-,15-12-,19-16-. The molecule has 0 amide bonds. The lowest BCUT2D eigenvalue weighted by Gasteiger charge is -2.11. The van der Waals surface area contributed by atoms with Crippen LogP contribution in [0.5, 0.6) is 0 Å². The number of unbranched alkanes of at least 4 members (excludes halogenated alkanes) is 8. The highest BCUT2D eigenvalue weighted by atomic mass is 16.6. The molecule has 2 unspecified atom stereocenters. The van der Waals surface area contributed by atoms with Crippen LogP contribution in [0.1, 0.15) is 84.0 Å². The van der Waals surface area contributed by atoms with Crippen LogP contribution in [0.15, 0.2) is 36.5 Å². The number of hydrogen-bond donors (Lipinski definition) is 1. The molecular weight excluding hydrogens is 342 g/mol. The van der Waals surface area contributed by atoms with Crippen molar-refractivity contribution in [3.05, 3.63) is 46.6 Å². The number of carbonyl (C=O) groups excluding carboxylic acids is 1. The van der Waals surface area contributed by atoms with Crippen molar-refractivity contribution in [3.63, 3.8) is 0 Å². The van der Waals surface area contributed by atoms with Gasteiger partial charge in [0.25, 0.3) is 0 Å². The summed E-state index contributed by atoms with van der Waals surface area (Å²) in [6, 6.07) is -1.01. The van der Waals surface area contributed by atoms with E-state index in [1.165, 1.54) is 25.3 Å². The molecule has 0 aliphatic rings. The fourth-order valence-corrected chi connectivity index (χ4v) is 2.66. The van der Waals surface area contributed by atoms with E-state index in [0.29, 0.717) is 6.42 Å². The first-order chi connectivity index (χ1) is 13.1. The minimum Gasteiger partial charge on any atom is -0.382 e. The molecule has 0 saturated heterocycles. The van der Waals surface area contributed by atoms with Gasteiger partial charge in [-0.05, 0) is 38.5 Å². The molecule has 0 fully saturated rings. The van der Waals surface area contributed by atoms with Crippen molar-refractivity contribution in [1.82, 2.24) is 0 Å². The lowest BCUT2D eigenvalue weighted by Crippen LogP contribution is -2.31. The van der Waals surface area contributed by atoms with Crippen molar-refractivity contribution in [2.45, 2.75) is 96.1 Å². The highest BCUT2D eigenvalue weighted by molar-refractivity contribution is 5.50. The largest absolute Gasteiger partial charge is 0.382 e. The van der Waals surface area contributed by atoms with Crippen LogP contribution >= 0.6 is 0 Å². The molecule has 1 radical (unpaired) electrons. The maximum Gasteiger partial charge on any atom is 0.245 e. The first-order valence-electron chi connectivity index (χ1n) is 10.3. The van der Waals surface area contributed by atoms with Gasteiger partial charge in [0.15, 0.2) is 6.29 Å². The Labute approximate surface area is 164 Å². The number of hydrogen-bond acceptors (Lipinski definition) is 4. The fraction of sp³-hybridized carbons (Fsp3) is 0.682. The maximum absolute atomic E-state index is 11.2. The highest BCUT2D eigenvalue weighted by Gasteiger charge is 2.26. The van der Waals surface area contributed by atoms with Crippen LogP contribution in [0.2, 0.25) is 0 Å². The van der Waals surface area contributed by atoms with Crippen molar-refractivity contribution < 1.29 is 14.8 Å². The molecule has 2 atom stereocenters. The summed E-state index contributed by atoms with van der Waals surface area (Å²) in [6.45, 7) is 2.18. The molecule has 0 aliphatic carbocycles. The van der Waals surface area contributed by atoms with E-state index in [4.69, 9.17) is 0 Å². The van der Waals surface area contributed by atoms with E-state index >= 15 is 0 Å². The zero-order valence-corrected chi connectivity index (χ0v) is 16.7. The Bertz CT molecular complexity index is 457.